The first kappa shape index (κ1) is 9.81. The second-order valence-corrected chi connectivity index (χ2v) is 2.75. The third-order valence-electron chi connectivity index (χ3n) is 1.33. The van der Waals surface area contributed by atoms with E-state index in [0.29, 0.717) is 5.90 Å². The van der Waals surface area contributed by atoms with E-state index < -0.39 is 8.69 Å². The standard InChI is InChI=1S/C8H11N2O2P/c1-7(12-13-11)9-10-8-5-3-2-4-6-8/h2-6,10H,13H2,1H3. The van der Waals surface area contributed by atoms with Gasteiger partial charge < -0.3 is 4.52 Å². The van der Waals surface area contributed by atoms with Crippen LogP contribution >= 0.6 is 8.69 Å². The maximum Gasteiger partial charge on any atom is 0.227 e. The lowest BCUT2D eigenvalue weighted by molar-refractivity contribution is 0.519. The van der Waals surface area contributed by atoms with Crippen LogP contribution in [0.3, 0.4) is 0 Å². The van der Waals surface area contributed by atoms with Crippen molar-refractivity contribution in [3.63, 3.8) is 0 Å². The molecule has 0 aliphatic carbocycles. The predicted octanol–water partition coefficient (Wildman–Crippen LogP) is 2.12. The van der Waals surface area contributed by atoms with Crippen molar-refractivity contribution >= 4 is 20.3 Å². The Morgan fingerprint density at radius 1 is 1.46 bits per heavy atom. The molecular weight excluding hydrogens is 187 g/mol. The zero-order valence-corrected chi connectivity index (χ0v) is 8.38. The molecule has 0 spiro atoms. The number of para-hydroxylation sites is 1. The number of hydrazone groups is 1. The van der Waals surface area contributed by atoms with Crippen LogP contribution in [0, 0.1) is 0 Å². The first-order valence-electron chi connectivity index (χ1n) is 3.78. The molecule has 0 bridgehead atoms. The Morgan fingerprint density at radius 2 is 2.15 bits per heavy atom. The zero-order valence-electron chi connectivity index (χ0n) is 7.23. The van der Waals surface area contributed by atoms with E-state index in [1.165, 1.54) is 0 Å². The molecule has 0 fully saturated rings. The Hall–Kier alpha value is -1.28. The van der Waals surface area contributed by atoms with Crippen LogP contribution in [0.25, 0.3) is 0 Å². The van der Waals surface area contributed by atoms with E-state index >= 15 is 0 Å². The summed E-state index contributed by atoms with van der Waals surface area (Å²) in [5.41, 5.74) is 3.63. The molecule has 1 unspecified atom stereocenters. The number of benzene rings is 1. The quantitative estimate of drug-likeness (QED) is 0.350. The first-order chi connectivity index (χ1) is 6.33. The van der Waals surface area contributed by atoms with Gasteiger partial charge >= 0.3 is 0 Å². The molecule has 4 nitrogen and oxygen atoms in total. The molecular formula is C8H11N2O2P. The van der Waals surface area contributed by atoms with Crippen molar-refractivity contribution < 1.29 is 9.09 Å². The lowest BCUT2D eigenvalue weighted by Crippen LogP contribution is -1.96. The highest BCUT2D eigenvalue weighted by Crippen LogP contribution is 2.05. The van der Waals surface area contributed by atoms with Gasteiger partial charge in [0.25, 0.3) is 0 Å². The average Bonchev–Trinajstić information content (AvgIpc) is 2.17. The van der Waals surface area contributed by atoms with Gasteiger partial charge in [-0.05, 0) is 12.1 Å². The van der Waals surface area contributed by atoms with Crippen LogP contribution < -0.4 is 5.43 Å². The minimum Gasteiger partial charge on any atom is -0.432 e. The summed E-state index contributed by atoms with van der Waals surface area (Å²) in [4.78, 5) is 0. The molecule has 0 aromatic heterocycles. The van der Waals surface area contributed by atoms with Crippen molar-refractivity contribution in [2.24, 2.45) is 5.10 Å². The lowest BCUT2D eigenvalue weighted by Gasteiger charge is -2.00. The molecule has 5 heteroatoms. The smallest absolute Gasteiger partial charge is 0.227 e. The van der Waals surface area contributed by atoms with E-state index in [1.807, 2.05) is 30.3 Å². The second kappa shape index (κ2) is 5.38. The monoisotopic (exact) mass is 198 g/mol. The molecule has 1 N–H and O–H groups in total. The van der Waals surface area contributed by atoms with Gasteiger partial charge in [-0.15, -0.1) is 5.10 Å². The lowest BCUT2D eigenvalue weighted by atomic mass is 10.3. The molecule has 0 heterocycles. The van der Waals surface area contributed by atoms with Crippen molar-refractivity contribution in [1.82, 2.24) is 0 Å². The molecule has 0 radical (unpaired) electrons. The summed E-state index contributed by atoms with van der Waals surface area (Å²) >= 11 is 0. The number of rotatable bonds is 3. The minimum absolute atomic E-state index is 0.369. The molecule has 0 amide bonds. The number of hydrogen-bond donors (Lipinski definition) is 1. The van der Waals surface area contributed by atoms with E-state index in [4.69, 9.17) is 0 Å². The summed E-state index contributed by atoms with van der Waals surface area (Å²) < 4.78 is 14.8. The van der Waals surface area contributed by atoms with Crippen molar-refractivity contribution in [3.05, 3.63) is 30.3 Å². The summed E-state index contributed by atoms with van der Waals surface area (Å²) in [5, 5.41) is 3.85. The van der Waals surface area contributed by atoms with Gasteiger partial charge in [-0.2, -0.15) is 0 Å². The largest absolute Gasteiger partial charge is 0.432 e. The first-order valence-corrected chi connectivity index (χ1v) is 4.73. The summed E-state index contributed by atoms with van der Waals surface area (Å²) in [7, 11) is -1.23. The van der Waals surface area contributed by atoms with Crippen LogP contribution in [0.4, 0.5) is 5.69 Å². The van der Waals surface area contributed by atoms with Gasteiger partial charge in [-0.1, -0.05) is 18.2 Å². The number of anilines is 1. The average molecular weight is 198 g/mol. The summed E-state index contributed by atoms with van der Waals surface area (Å²) in [6.45, 7) is 1.64. The fourth-order valence-corrected chi connectivity index (χ4v) is 0.944. The molecule has 0 saturated heterocycles. The van der Waals surface area contributed by atoms with Gasteiger partial charge in [0.15, 0.2) is 0 Å². The van der Waals surface area contributed by atoms with Gasteiger partial charge in [-0.25, -0.2) is 0 Å². The molecule has 0 aliphatic rings. The van der Waals surface area contributed by atoms with Crippen LogP contribution in [-0.4, -0.2) is 5.90 Å². The van der Waals surface area contributed by atoms with Crippen LogP contribution in [0.5, 0.6) is 0 Å². The highest BCUT2D eigenvalue weighted by Gasteiger charge is 1.88. The highest BCUT2D eigenvalue weighted by atomic mass is 31.1. The van der Waals surface area contributed by atoms with Crippen molar-refractivity contribution in [1.29, 1.82) is 0 Å². The topological polar surface area (TPSA) is 50.7 Å². The van der Waals surface area contributed by atoms with E-state index in [-0.39, 0.29) is 0 Å². The zero-order chi connectivity index (χ0) is 9.52. The molecule has 1 rings (SSSR count). The Labute approximate surface area is 77.9 Å². The Balaban J connectivity index is 2.51. The Morgan fingerprint density at radius 3 is 2.77 bits per heavy atom. The number of hydrogen-bond acceptors (Lipinski definition) is 4. The van der Waals surface area contributed by atoms with Gasteiger partial charge in [0.1, 0.15) is 0 Å². The van der Waals surface area contributed by atoms with Crippen LogP contribution in [0.15, 0.2) is 35.4 Å². The maximum atomic E-state index is 10.1. The van der Waals surface area contributed by atoms with Crippen molar-refractivity contribution in [2.75, 3.05) is 5.43 Å². The molecule has 0 saturated carbocycles. The minimum atomic E-state index is -1.23. The van der Waals surface area contributed by atoms with Gasteiger partial charge in [-0.3, -0.25) is 9.99 Å². The third kappa shape index (κ3) is 3.76. The Kier molecular flexibility index (Phi) is 4.06. The van der Waals surface area contributed by atoms with E-state index in [9.17, 15) is 4.57 Å². The van der Waals surface area contributed by atoms with E-state index in [1.54, 1.807) is 6.92 Å². The normalized spacial score (nSPS) is 11.9. The van der Waals surface area contributed by atoms with Gasteiger partial charge in [0.2, 0.25) is 14.6 Å². The molecule has 13 heavy (non-hydrogen) atoms. The summed E-state index contributed by atoms with van der Waals surface area (Å²) in [5.74, 6) is 0.369. The SMILES string of the molecule is CC(=NNc1ccccc1)O[PH2]=O. The third-order valence-corrected chi connectivity index (χ3v) is 1.77. The Bertz CT molecular complexity index is 300. The van der Waals surface area contributed by atoms with Crippen LogP contribution in [-0.2, 0) is 9.09 Å². The summed E-state index contributed by atoms with van der Waals surface area (Å²) in [6.07, 6.45) is 0. The molecule has 1 atom stereocenters. The van der Waals surface area contributed by atoms with E-state index in [2.05, 4.69) is 15.1 Å². The van der Waals surface area contributed by atoms with Gasteiger partial charge in [0.05, 0.1) is 5.69 Å². The second-order valence-electron chi connectivity index (χ2n) is 2.32. The molecule has 0 aliphatic heterocycles. The maximum absolute atomic E-state index is 10.1. The van der Waals surface area contributed by atoms with Crippen LogP contribution in [0.1, 0.15) is 6.92 Å². The highest BCUT2D eigenvalue weighted by molar-refractivity contribution is 7.18. The van der Waals surface area contributed by atoms with Crippen molar-refractivity contribution in [2.45, 2.75) is 6.92 Å². The molecule has 1 aromatic carbocycles. The predicted molar refractivity (Wildman–Crippen MR) is 54.7 cm³/mol. The van der Waals surface area contributed by atoms with Gasteiger partial charge in [0, 0.05) is 6.92 Å². The number of nitrogens with one attached hydrogen (secondary N) is 1. The molecule has 70 valence electrons. The van der Waals surface area contributed by atoms with Crippen LogP contribution in [0.2, 0.25) is 0 Å². The molecule has 1 aromatic rings. The number of nitrogens with zero attached hydrogens (tertiary/aromatic N) is 1. The van der Waals surface area contributed by atoms with Crippen molar-refractivity contribution in [3.8, 4) is 0 Å². The fraction of sp³-hybridized carbons (Fsp3) is 0.125. The van der Waals surface area contributed by atoms with E-state index in [0.717, 1.165) is 5.69 Å². The summed E-state index contributed by atoms with van der Waals surface area (Å²) in [6, 6.07) is 9.46. The fourth-order valence-electron chi connectivity index (χ4n) is 0.752.